The highest BCUT2D eigenvalue weighted by Crippen LogP contribution is 2.34. The van der Waals surface area contributed by atoms with Crippen LogP contribution in [0.25, 0.3) is 10.6 Å². The average Bonchev–Trinajstić information content (AvgIpc) is 3.33. The molecule has 0 fully saturated rings. The fourth-order valence-electron chi connectivity index (χ4n) is 2.53. The molecule has 0 saturated carbocycles. The van der Waals surface area contributed by atoms with Gasteiger partial charge in [0.25, 0.3) is 0 Å². The number of nitrogens with zero attached hydrogens (tertiary/aromatic N) is 5. The molecule has 3 aromatic heterocycles. The Bertz CT molecular complexity index is 1060. The maximum atomic E-state index is 12.8. The Morgan fingerprint density at radius 3 is 2.71 bits per heavy atom. The van der Waals surface area contributed by atoms with Gasteiger partial charge >= 0.3 is 11.9 Å². The van der Waals surface area contributed by atoms with Crippen LogP contribution in [0.4, 0.5) is 17.6 Å². The molecule has 0 amide bonds. The van der Waals surface area contributed by atoms with Crippen molar-refractivity contribution in [3.63, 3.8) is 0 Å². The lowest BCUT2D eigenvalue weighted by molar-refractivity contribution is -0.141. The van der Waals surface area contributed by atoms with Crippen molar-refractivity contribution in [2.75, 3.05) is 6.54 Å². The van der Waals surface area contributed by atoms with Crippen molar-refractivity contribution < 1.29 is 17.6 Å². The SMILES string of the molecule is Cn1nc(C(F)(F)F)cc1-c1ccc(Cn2cnn(C/C(=C/F)CN)c2=O)s1. The summed E-state index contributed by atoms with van der Waals surface area (Å²) in [6, 6.07) is 4.37. The van der Waals surface area contributed by atoms with E-state index in [-0.39, 0.29) is 25.2 Å². The number of nitrogens with two attached hydrogens (primary N) is 1. The van der Waals surface area contributed by atoms with Gasteiger partial charge in [-0.2, -0.15) is 23.4 Å². The van der Waals surface area contributed by atoms with Crippen molar-refractivity contribution in [1.29, 1.82) is 0 Å². The topological polar surface area (TPSA) is 83.7 Å². The first-order chi connectivity index (χ1) is 13.2. The van der Waals surface area contributed by atoms with Gasteiger partial charge in [-0.25, -0.2) is 13.9 Å². The highest BCUT2D eigenvalue weighted by Gasteiger charge is 2.34. The third kappa shape index (κ3) is 4.07. The number of aryl methyl sites for hydroxylation is 1. The first-order valence-electron chi connectivity index (χ1n) is 8.03. The number of hydrogen-bond acceptors (Lipinski definition) is 5. The minimum absolute atomic E-state index is 0.0330. The molecule has 0 aliphatic heterocycles. The van der Waals surface area contributed by atoms with Crippen LogP contribution in [-0.4, -0.2) is 30.7 Å². The summed E-state index contributed by atoms with van der Waals surface area (Å²) in [6.07, 6.45) is -2.85. The van der Waals surface area contributed by atoms with E-state index in [2.05, 4.69) is 10.2 Å². The van der Waals surface area contributed by atoms with E-state index in [1.165, 1.54) is 34.0 Å². The van der Waals surface area contributed by atoms with Crippen molar-refractivity contribution >= 4 is 11.3 Å². The maximum Gasteiger partial charge on any atom is 0.435 e. The second kappa shape index (κ2) is 7.72. The number of rotatable bonds is 6. The largest absolute Gasteiger partial charge is 0.435 e. The van der Waals surface area contributed by atoms with E-state index in [1.54, 1.807) is 12.1 Å². The van der Waals surface area contributed by atoms with Crippen molar-refractivity contribution in [3.8, 4) is 10.6 Å². The van der Waals surface area contributed by atoms with Crippen LogP contribution in [0.2, 0.25) is 0 Å². The van der Waals surface area contributed by atoms with Crippen molar-refractivity contribution in [3.05, 3.63) is 57.5 Å². The minimum Gasteiger partial charge on any atom is -0.327 e. The monoisotopic (exact) mass is 416 g/mol. The Hall–Kier alpha value is -2.73. The van der Waals surface area contributed by atoms with Gasteiger partial charge in [0.15, 0.2) is 5.69 Å². The van der Waals surface area contributed by atoms with E-state index in [9.17, 15) is 22.4 Å². The molecule has 3 heterocycles. The van der Waals surface area contributed by atoms with Crippen LogP contribution in [0.15, 0.2) is 41.2 Å². The Labute approximate surface area is 160 Å². The zero-order valence-corrected chi connectivity index (χ0v) is 15.5. The van der Waals surface area contributed by atoms with Gasteiger partial charge in [0.2, 0.25) is 0 Å². The van der Waals surface area contributed by atoms with E-state index in [1.807, 2.05) is 0 Å². The second-order valence-corrected chi connectivity index (χ2v) is 7.14. The predicted octanol–water partition coefficient (Wildman–Crippen LogP) is 2.39. The summed E-state index contributed by atoms with van der Waals surface area (Å²) in [4.78, 5) is 13.7. The molecule has 0 bridgehead atoms. The van der Waals surface area contributed by atoms with Crippen LogP contribution in [-0.2, 0) is 26.3 Å². The first-order valence-corrected chi connectivity index (χ1v) is 8.85. The maximum absolute atomic E-state index is 12.8. The Kier molecular flexibility index (Phi) is 5.52. The number of halogens is 4. The number of hydrogen-bond donors (Lipinski definition) is 1. The normalized spacial score (nSPS) is 12.7. The van der Waals surface area contributed by atoms with E-state index in [4.69, 9.17) is 5.73 Å². The lowest BCUT2D eigenvalue weighted by Gasteiger charge is -2.01. The van der Waals surface area contributed by atoms with Crippen molar-refractivity contribution in [2.24, 2.45) is 12.8 Å². The van der Waals surface area contributed by atoms with Gasteiger partial charge in [0, 0.05) is 18.5 Å². The Morgan fingerprint density at radius 1 is 1.36 bits per heavy atom. The van der Waals surface area contributed by atoms with Crippen LogP contribution in [0.1, 0.15) is 10.6 Å². The fraction of sp³-hybridized carbons (Fsp3) is 0.312. The molecule has 28 heavy (non-hydrogen) atoms. The third-order valence-corrected chi connectivity index (χ3v) is 5.07. The molecule has 12 heteroatoms. The van der Waals surface area contributed by atoms with Crippen LogP contribution >= 0.6 is 11.3 Å². The van der Waals surface area contributed by atoms with Gasteiger partial charge in [0.1, 0.15) is 6.33 Å². The molecule has 0 saturated heterocycles. The lowest BCUT2D eigenvalue weighted by atomic mass is 10.3. The zero-order valence-electron chi connectivity index (χ0n) is 14.6. The van der Waals surface area contributed by atoms with Gasteiger partial charge in [-0.1, -0.05) is 0 Å². The summed E-state index contributed by atoms with van der Waals surface area (Å²) in [5.41, 5.74) is 4.52. The molecule has 3 aromatic rings. The van der Waals surface area contributed by atoms with Gasteiger partial charge in [-0.05, 0) is 23.8 Å². The molecule has 0 radical (unpaired) electrons. The van der Waals surface area contributed by atoms with Crippen molar-refractivity contribution in [1.82, 2.24) is 24.1 Å². The van der Waals surface area contributed by atoms with Crippen molar-refractivity contribution in [2.45, 2.75) is 19.3 Å². The molecule has 2 N–H and O–H groups in total. The molecule has 0 spiro atoms. The van der Waals surface area contributed by atoms with Gasteiger partial charge in [-0.15, -0.1) is 11.3 Å². The Balaban J connectivity index is 1.80. The lowest BCUT2D eigenvalue weighted by Crippen LogP contribution is -2.26. The van der Waals surface area contributed by atoms with Gasteiger partial charge in [0.05, 0.1) is 30.0 Å². The quantitative estimate of drug-likeness (QED) is 0.626. The molecule has 0 atom stereocenters. The summed E-state index contributed by atoms with van der Waals surface area (Å²) in [7, 11) is 1.44. The van der Waals surface area contributed by atoms with Crippen LogP contribution in [0.3, 0.4) is 0 Å². The summed E-state index contributed by atoms with van der Waals surface area (Å²) in [5.74, 6) is 0. The van der Waals surface area contributed by atoms with E-state index < -0.39 is 17.6 Å². The summed E-state index contributed by atoms with van der Waals surface area (Å²) < 4.78 is 54.7. The smallest absolute Gasteiger partial charge is 0.327 e. The second-order valence-electron chi connectivity index (χ2n) is 5.97. The molecule has 150 valence electrons. The average molecular weight is 416 g/mol. The fourth-order valence-corrected chi connectivity index (χ4v) is 3.58. The number of alkyl halides is 3. The summed E-state index contributed by atoms with van der Waals surface area (Å²) in [5, 5.41) is 7.42. The molecular weight excluding hydrogens is 400 g/mol. The van der Waals surface area contributed by atoms with Gasteiger partial charge in [-0.3, -0.25) is 9.25 Å². The molecule has 7 nitrogen and oxygen atoms in total. The molecular formula is C16H16F4N6OS. The van der Waals surface area contributed by atoms with E-state index in [0.29, 0.717) is 16.9 Å². The van der Waals surface area contributed by atoms with Crippen LogP contribution < -0.4 is 11.4 Å². The van der Waals surface area contributed by atoms with Crippen LogP contribution in [0, 0.1) is 0 Å². The Morgan fingerprint density at radius 2 is 2.11 bits per heavy atom. The number of aromatic nitrogens is 5. The summed E-state index contributed by atoms with van der Waals surface area (Å²) >= 11 is 1.24. The molecule has 0 unspecified atom stereocenters. The molecule has 0 aliphatic carbocycles. The van der Waals surface area contributed by atoms with Crippen LogP contribution in [0.5, 0.6) is 0 Å². The highest BCUT2D eigenvalue weighted by atomic mass is 32.1. The van der Waals surface area contributed by atoms with Gasteiger partial charge < -0.3 is 5.73 Å². The predicted molar refractivity (Wildman–Crippen MR) is 95.4 cm³/mol. The minimum atomic E-state index is -4.52. The standard InChI is InChI=1S/C16H16F4N6OS/c1-24-12(4-14(23-24)16(18,19)20)13-3-2-11(28-13)8-25-9-22-26(15(25)27)7-10(5-17)6-21/h2-5,9H,6-8,21H2,1H3/b10-5+. The third-order valence-electron chi connectivity index (χ3n) is 3.98. The molecule has 0 aromatic carbocycles. The van der Waals surface area contributed by atoms with E-state index >= 15 is 0 Å². The number of thiophene rings is 1. The summed E-state index contributed by atoms with van der Waals surface area (Å²) in [6.45, 7) is 0.100. The first kappa shape index (κ1) is 20.0. The van der Waals surface area contributed by atoms with E-state index in [0.717, 1.165) is 15.6 Å². The zero-order chi connectivity index (χ0) is 20.5. The highest BCUT2D eigenvalue weighted by molar-refractivity contribution is 7.15. The molecule has 0 aliphatic rings. The molecule has 3 rings (SSSR count).